The van der Waals surface area contributed by atoms with Gasteiger partial charge < -0.3 is 4.52 Å². The Labute approximate surface area is 86.1 Å². The molecule has 0 spiro atoms. The number of rotatable bonds is 3. The molecule has 0 aliphatic rings. The van der Waals surface area contributed by atoms with Crippen LogP contribution in [0.15, 0.2) is 29.0 Å². The van der Waals surface area contributed by atoms with E-state index in [1.807, 2.05) is 0 Å². The highest BCUT2D eigenvalue weighted by Crippen LogP contribution is 2.13. The molecule has 0 aliphatic carbocycles. The molecule has 0 fully saturated rings. The van der Waals surface area contributed by atoms with E-state index in [0.29, 0.717) is 11.7 Å². The third-order valence-corrected chi connectivity index (χ3v) is 1.81. The number of aromatic nitrogens is 3. The maximum absolute atomic E-state index is 10.8. The van der Waals surface area contributed by atoms with Crippen molar-refractivity contribution in [3.8, 4) is 11.4 Å². The third kappa shape index (κ3) is 2.25. The molecule has 15 heavy (non-hydrogen) atoms. The van der Waals surface area contributed by atoms with Gasteiger partial charge in [-0.15, -0.1) is 0 Å². The molecular weight excluding hydrogens is 194 g/mol. The van der Waals surface area contributed by atoms with Crippen molar-refractivity contribution in [1.82, 2.24) is 15.1 Å². The first-order valence-corrected chi connectivity index (χ1v) is 4.48. The first-order chi connectivity index (χ1) is 7.25. The number of ketones is 1. The molecule has 0 N–H and O–H groups in total. The van der Waals surface area contributed by atoms with Crippen LogP contribution in [0.4, 0.5) is 0 Å². The fraction of sp³-hybridized carbons (Fsp3) is 0.200. The molecule has 2 rings (SSSR count). The molecule has 0 aliphatic heterocycles. The molecule has 0 radical (unpaired) electrons. The van der Waals surface area contributed by atoms with Crippen LogP contribution in [0.2, 0.25) is 0 Å². The van der Waals surface area contributed by atoms with Crippen molar-refractivity contribution in [3.63, 3.8) is 0 Å². The second-order valence-electron chi connectivity index (χ2n) is 3.13. The summed E-state index contributed by atoms with van der Waals surface area (Å²) < 4.78 is 4.93. The van der Waals surface area contributed by atoms with Crippen molar-refractivity contribution >= 4 is 5.78 Å². The highest BCUT2D eigenvalue weighted by molar-refractivity contribution is 5.77. The predicted molar refractivity (Wildman–Crippen MR) is 51.9 cm³/mol. The molecule has 0 saturated heterocycles. The van der Waals surface area contributed by atoms with Crippen molar-refractivity contribution in [3.05, 3.63) is 30.4 Å². The van der Waals surface area contributed by atoms with E-state index in [1.165, 1.54) is 6.92 Å². The quantitative estimate of drug-likeness (QED) is 0.751. The average molecular weight is 203 g/mol. The molecule has 2 heterocycles. The zero-order valence-electron chi connectivity index (χ0n) is 8.17. The zero-order chi connectivity index (χ0) is 10.7. The Hall–Kier alpha value is -2.04. The molecule has 76 valence electrons. The predicted octanol–water partition coefficient (Wildman–Crippen LogP) is 1.26. The highest BCUT2D eigenvalue weighted by Gasteiger charge is 2.09. The van der Waals surface area contributed by atoms with Gasteiger partial charge in [-0.25, -0.2) is 0 Å². The SMILES string of the molecule is CC(=O)Cc1nc(-c2ccncc2)no1. The monoisotopic (exact) mass is 203 g/mol. The van der Waals surface area contributed by atoms with Crippen LogP contribution in [0.3, 0.4) is 0 Å². The average Bonchev–Trinajstić information content (AvgIpc) is 2.67. The number of pyridine rings is 1. The van der Waals surface area contributed by atoms with Crippen LogP contribution in [0.5, 0.6) is 0 Å². The van der Waals surface area contributed by atoms with Gasteiger partial charge in [0.1, 0.15) is 5.78 Å². The van der Waals surface area contributed by atoms with Crippen LogP contribution >= 0.6 is 0 Å². The first kappa shape index (κ1) is 9.51. The lowest BCUT2D eigenvalue weighted by Crippen LogP contribution is -1.95. The molecule has 2 aromatic rings. The van der Waals surface area contributed by atoms with Gasteiger partial charge in [0.2, 0.25) is 11.7 Å². The van der Waals surface area contributed by atoms with Gasteiger partial charge in [-0.3, -0.25) is 9.78 Å². The largest absolute Gasteiger partial charge is 0.339 e. The lowest BCUT2D eigenvalue weighted by Gasteiger charge is -1.89. The van der Waals surface area contributed by atoms with E-state index in [4.69, 9.17) is 4.52 Å². The molecule has 0 saturated carbocycles. The molecule has 5 heteroatoms. The summed E-state index contributed by atoms with van der Waals surface area (Å²) in [7, 11) is 0. The summed E-state index contributed by atoms with van der Waals surface area (Å²) in [4.78, 5) is 18.8. The standard InChI is InChI=1S/C10H9N3O2/c1-7(14)6-9-12-10(13-15-9)8-2-4-11-5-3-8/h2-5H,6H2,1H3. The van der Waals surface area contributed by atoms with Crippen LogP contribution in [-0.4, -0.2) is 20.9 Å². The summed E-state index contributed by atoms with van der Waals surface area (Å²) in [5.41, 5.74) is 0.823. The van der Waals surface area contributed by atoms with E-state index < -0.39 is 0 Å². The fourth-order valence-electron chi connectivity index (χ4n) is 1.16. The number of nitrogens with zero attached hydrogens (tertiary/aromatic N) is 3. The smallest absolute Gasteiger partial charge is 0.234 e. The van der Waals surface area contributed by atoms with Gasteiger partial charge in [-0.05, 0) is 19.1 Å². The van der Waals surface area contributed by atoms with Crippen LogP contribution in [-0.2, 0) is 11.2 Å². The number of hydrogen-bond acceptors (Lipinski definition) is 5. The Balaban J connectivity index is 2.24. The minimum atomic E-state index is -0.0000663. The van der Waals surface area contributed by atoms with Crippen molar-refractivity contribution in [2.24, 2.45) is 0 Å². The summed E-state index contributed by atoms with van der Waals surface area (Å²) >= 11 is 0. The lowest BCUT2D eigenvalue weighted by atomic mass is 10.2. The zero-order valence-corrected chi connectivity index (χ0v) is 8.17. The molecule has 0 amide bonds. The second kappa shape index (κ2) is 4.00. The van der Waals surface area contributed by atoms with Crippen LogP contribution < -0.4 is 0 Å². The van der Waals surface area contributed by atoms with Gasteiger partial charge in [-0.2, -0.15) is 4.98 Å². The minimum Gasteiger partial charge on any atom is -0.339 e. The summed E-state index contributed by atoms with van der Waals surface area (Å²) in [6, 6.07) is 3.56. The number of hydrogen-bond donors (Lipinski definition) is 0. The van der Waals surface area contributed by atoms with Gasteiger partial charge in [0.15, 0.2) is 0 Å². The van der Waals surface area contributed by atoms with Gasteiger partial charge in [-0.1, -0.05) is 5.16 Å². The van der Waals surface area contributed by atoms with Crippen LogP contribution in [0, 0.1) is 0 Å². The van der Waals surface area contributed by atoms with E-state index in [-0.39, 0.29) is 12.2 Å². The van der Waals surface area contributed by atoms with Gasteiger partial charge in [0.05, 0.1) is 6.42 Å². The molecule has 0 atom stereocenters. The summed E-state index contributed by atoms with van der Waals surface area (Å²) in [6.07, 6.45) is 3.48. The molecule has 0 aromatic carbocycles. The van der Waals surface area contributed by atoms with Crippen molar-refractivity contribution in [2.45, 2.75) is 13.3 Å². The van der Waals surface area contributed by atoms with E-state index in [0.717, 1.165) is 5.56 Å². The number of carbonyl (C=O) groups is 1. The van der Waals surface area contributed by atoms with Gasteiger partial charge >= 0.3 is 0 Å². The number of Topliss-reactive ketones (excluding diaryl/α,β-unsaturated/α-hetero) is 1. The summed E-state index contributed by atoms with van der Waals surface area (Å²) in [5, 5.41) is 3.77. The normalized spacial score (nSPS) is 10.2. The summed E-state index contributed by atoms with van der Waals surface area (Å²) in [6.45, 7) is 1.48. The van der Waals surface area contributed by atoms with E-state index >= 15 is 0 Å². The maximum Gasteiger partial charge on any atom is 0.234 e. The van der Waals surface area contributed by atoms with Gasteiger partial charge in [0.25, 0.3) is 0 Å². The lowest BCUT2D eigenvalue weighted by molar-refractivity contribution is -0.116. The van der Waals surface area contributed by atoms with Crippen LogP contribution in [0.1, 0.15) is 12.8 Å². The molecular formula is C10H9N3O2. The van der Waals surface area contributed by atoms with Crippen molar-refractivity contribution < 1.29 is 9.32 Å². The Morgan fingerprint density at radius 1 is 1.40 bits per heavy atom. The third-order valence-electron chi connectivity index (χ3n) is 1.81. The van der Waals surface area contributed by atoms with E-state index in [2.05, 4.69) is 15.1 Å². The molecule has 0 bridgehead atoms. The summed E-state index contributed by atoms with van der Waals surface area (Å²) in [5.74, 6) is 0.822. The van der Waals surface area contributed by atoms with Crippen molar-refractivity contribution in [2.75, 3.05) is 0 Å². The first-order valence-electron chi connectivity index (χ1n) is 4.48. The molecule has 2 aromatic heterocycles. The van der Waals surface area contributed by atoms with Gasteiger partial charge in [0, 0.05) is 18.0 Å². The Morgan fingerprint density at radius 2 is 2.13 bits per heavy atom. The van der Waals surface area contributed by atoms with E-state index in [9.17, 15) is 4.79 Å². The fourth-order valence-corrected chi connectivity index (χ4v) is 1.16. The molecule has 5 nitrogen and oxygen atoms in total. The van der Waals surface area contributed by atoms with Crippen molar-refractivity contribution in [1.29, 1.82) is 0 Å². The van der Waals surface area contributed by atoms with Crippen LogP contribution in [0.25, 0.3) is 11.4 Å². The minimum absolute atomic E-state index is 0.0000663. The Kier molecular flexibility index (Phi) is 2.53. The Morgan fingerprint density at radius 3 is 2.80 bits per heavy atom. The maximum atomic E-state index is 10.8. The van der Waals surface area contributed by atoms with E-state index in [1.54, 1.807) is 24.5 Å². The highest BCUT2D eigenvalue weighted by atomic mass is 16.5. The topological polar surface area (TPSA) is 68.9 Å². The molecule has 0 unspecified atom stereocenters. The number of carbonyl (C=O) groups excluding carboxylic acids is 1. The Bertz CT molecular complexity index is 465. The second-order valence-corrected chi connectivity index (χ2v) is 3.13.